The third-order valence-electron chi connectivity index (χ3n) is 1.67. The molecule has 0 bridgehead atoms. The van der Waals surface area contributed by atoms with Gasteiger partial charge in [0.2, 0.25) is 5.82 Å². The SMILES string of the molecule is C=CCCNc1ncc(Cl)cc1[N+](=O)[O-]. The highest BCUT2D eigenvalue weighted by Crippen LogP contribution is 2.24. The Labute approximate surface area is 91.9 Å². The quantitative estimate of drug-likeness (QED) is 0.363. The molecule has 0 unspecified atom stereocenters. The van der Waals surface area contributed by atoms with E-state index in [2.05, 4.69) is 16.9 Å². The fourth-order valence-corrected chi connectivity index (χ4v) is 1.15. The Morgan fingerprint density at radius 2 is 2.47 bits per heavy atom. The molecule has 0 spiro atoms. The number of hydrogen-bond acceptors (Lipinski definition) is 4. The summed E-state index contributed by atoms with van der Waals surface area (Å²) in [6.07, 6.45) is 3.79. The number of aromatic nitrogens is 1. The summed E-state index contributed by atoms with van der Waals surface area (Å²) in [5.41, 5.74) is -0.119. The van der Waals surface area contributed by atoms with Gasteiger partial charge in [-0.3, -0.25) is 10.1 Å². The molecule has 0 aliphatic carbocycles. The van der Waals surface area contributed by atoms with Crippen LogP contribution in [-0.2, 0) is 0 Å². The van der Waals surface area contributed by atoms with Crippen molar-refractivity contribution >= 4 is 23.1 Å². The van der Waals surface area contributed by atoms with Gasteiger partial charge in [-0.05, 0) is 6.42 Å². The van der Waals surface area contributed by atoms with Gasteiger partial charge in [0.1, 0.15) is 0 Å². The summed E-state index contributed by atoms with van der Waals surface area (Å²) in [6.45, 7) is 4.10. The first-order chi connectivity index (χ1) is 7.15. The van der Waals surface area contributed by atoms with Crippen molar-refractivity contribution < 1.29 is 4.92 Å². The van der Waals surface area contributed by atoms with Gasteiger partial charge in [0.15, 0.2) is 0 Å². The van der Waals surface area contributed by atoms with Gasteiger partial charge < -0.3 is 5.32 Å². The van der Waals surface area contributed by atoms with Gasteiger partial charge in [-0.25, -0.2) is 4.98 Å². The molecule has 1 aromatic rings. The van der Waals surface area contributed by atoms with Crippen LogP contribution >= 0.6 is 11.6 Å². The number of halogens is 1. The molecular weight excluding hydrogens is 218 g/mol. The summed E-state index contributed by atoms with van der Waals surface area (Å²) in [5.74, 6) is 0.228. The molecule has 1 N–H and O–H groups in total. The Morgan fingerprint density at radius 3 is 3.07 bits per heavy atom. The molecule has 80 valence electrons. The Morgan fingerprint density at radius 1 is 1.73 bits per heavy atom. The molecule has 0 aromatic carbocycles. The summed E-state index contributed by atoms with van der Waals surface area (Å²) in [6, 6.07) is 1.27. The monoisotopic (exact) mass is 227 g/mol. The van der Waals surface area contributed by atoms with Crippen molar-refractivity contribution in [2.75, 3.05) is 11.9 Å². The second-order valence-electron chi connectivity index (χ2n) is 2.78. The van der Waals surface area contributed by atoms with E-state index in [4.69, 9.17) is 11.6 Å². The molecule has 0 aliphatic rings. The molecule has 0 amide bonds. The minimum atomic E-state index is -0.519. The highest BCUT2D eigenvalue weighted by atomic mass is 35.5. The van der Waals surface area contributed by atoms with E-state index in [0.717, 1.165) is 0 Å². The lowest BCUT2D eigenvalue weighted by Gasteiger charge is -2.04. The Balaban J connectivity index is 2.85. The lowest BCUT2D eigenvalue weighted by Crippen LogP contribution is -2.05. The van der Waals surface area contributed by atoms with Crippen LogP contribution in [0.5, 0.6) is 0 Å². The van der Waals surface area contributed by atoms with Crippen molar-refractivity contribution in [3.8, 4) is 0 Å². The summed E-state index contributed by atoms with van der Waals surface area (Å²) in [4.78, 5) is 14.0. The van der Waals surface area contributed by atoms with Crippen molar-refractivity contribution in [2.45, 2.75) is 6.42 Å². The summed E-state index contributed by atoms with van der Waals surface area (Å²) >= 11 is 5.61. The van der Waals surface area contributed by atoms with Crippen LogP contribution in [0.4, 0.5) is 11.5 Å². The summed E-state index contributed by atoms with van der Waals surface area (Å²) in [5, 5.41) is 13.7. The minimum absolute atomic E-state index is 0.119. The fraction of sp³-hybridized carbons (Fsp3) is 0.222. The first-order valence-corrected chi connectivity index (χ1v) is 4.67. The molecule has 6 heteroatoms. The average Bonchev–Trinajstić information content (AvgIpc) is 2.20. The molecule has 1 rings (SSSR count). The number of nitro groups is 1. The molecule has 0 aliphatic heterocycles. The molecule has 1 aromatic heterocycles. The Kier molecular flexibility index (Phi) is 4.05. The van der Waals surface area contributed by atoms with Gasteiger partial charge in [0.25, 0.3) is 0 Å². The van der Waals surface area contributed by atoms with Crippen LogP contribution in [0.2, 0.25) is 5.02 Å². The third-order valence-corrected chi connectivity index (χ3v) is 1.88. The van der Waals surface area contributed by atoms with E-state index in [0.29, 0.717) is 13.0 Å². The second-order valence-corrected chi connectivity index (χ2v) is 3.22. The van der Waals surface area contributed by atoms with E-state index in [1.807, 2.05) is 0 Å². The van der Waals surface area contributed by atoms with E-state index in [9.17, 15) is 10.1 Å². The molecule has 0 fully saturated rings. The molecule has 0 atom stereocenters. The molecule has 15 heavy (non-hydrogen) atoms. The van der Waals surface area contributed by atoms with Gasteiger partial charge in [-0.2, -0.15) is 0 Å². The number of rotatable bonds is 5. The molecule has 0 saturated carbocycles. The number of pyridine rings is 1. The predicted octanol–water partition coefficient (Wildman–Crippen LogP) is 2.63. The lowest BCUT2D eigenvalue weighted by atomic mass is 10.3. The maximum Gasteiger partial charge on any atom is 0.312 e. The molecule has 0 radical (unpaired) electrons. The highest BCUT2D eigenvalue weighted by Gasteiger charge is 2.14. The molecule has 1 heterocycles. The zero-order valence-electron chi connectivity index (χ0n) is 7.94. The lowest BCUT2D eigenvalue weighted by molar-refractivity contribution is -0.384. The van der Waals surface area contributed by atoms with Crippen molar-refractivity contribution in [3.05, 3.63) is 40.1 Å². The van der Waals surface area contributed by atoms with Gasteiger partial charge in [0.05, 0.1) is 9.95 Å². The number of nitrogens with one attached hydrogen (secondary N) is 1. The first kappa shape index (κ1) is 11.5. The van der Waals surface area contributed by atoms with Gasteiger partial charge in [0, 0.05) is 18.8 Å². The first-order valence-electron chi connectivity index (χ1n) is 4.30. The van der Waals surface area contributed by atoms with Crippen molar-refractivity contribution in [2.24, 2.45) is 0 Å². The van der Waals surface area contributed by atoms with Crippen LogP contribution in [0.25, 0.3) is 0 Å². The number of nitrogens with zero attached hydrogens (tertiary/aromatic N) is 2. The largest absolute Gasteiger partial charge is 0.364 e. The van der Waals surface area contributed by atoms with Gasteiger partial charge in [-0.1, -0.05) is 17.7 Å². The summed E-state index contributed by atoms with van der Waals surface area (Å²) in [7, 11) is 0. The maximum absolute atomic E-state index is 10.7. The zero-order valence-corrected chi connectivity index (χ0v) is 8.70. The van der Waals surface area contributed by atoms with Crippen LogP contribution in [0.3, 0.4) is 0 Å². The number of anilines is 1. The Hall–Kier alpha value is -1.62. The van der Waals surface area contributed by atoms with E-state index in [1.165, 1.54) is 12.3 Å². The van der Waals surface area contributed by atoms with Crippen LogP contribution in [-0.4, -0.2) is 16.5 Å². The van der Waals surface area contributed by atoms with Crippen LogP contribution in [0.1, 0.15) is 6.42 Å². The summed E-state index contributed by atoms with van der Waals surface area (Å²) < 4.78 is 0. The highest BCUT2D eigenvalue weighted by molar-refractivity contribution is 6.30. The standard InChI is InChI=1S/C9H10ClN3O2/c1-2-3-4-11-9-8(13(14)15)5-7(10)6-12-9/h2,5-6H,1,3-4H2,(H,11,12). The second kappa shape index (κ2) is 5.31. The number of hydrogen-bond donors (Lipinski definition) is 1. The van der Waals surface area contributed by atoms with Crippen molar-refractivity contribution in [1.29, 1.82) is 0 Å². The van der Waals surface area contributed by atoms with Crippen molar-refractivity contribution in [3.63, 3.8) is 0 Å². The fourth-order valence-electron chi connectivity index (χ4n) is 0.997. The van der Waals surface area contributed by atoms with Crippen LogP contribution in [0, 0.1) is 10.1 Å². The Bertz CT molecular complexity index is 382. The zero-order chi connectivity index (χ0) is 11.3. The van der Waals surface area contributed by atoms with E-state index >= 15 is 0 Å². The molecule has 0 saturated heterocycles. The van der Waals surface area contributed by atoms with E-state index in [-0.39, 0.29) is 16.5 Å². The topological polar surface area (TPSA) is 68.1 Å². The van der Waals surface area contributed by atoms with E-state index < -0.39 is 4.92 Å². The van der Waals surface area contributed by atoms with Crippen LogP contribution < -0.4 is 5.32 Å². The predicted molar refractivity (Wildman–Crippen MR) is 59.2 cm³/mol. The van der Waals surface area contributed by atoms with Gasteiger partial charge >= 0.3 is 5.69 Å². The maximum atomic E-state index is 10.7. The molecular formula is C9H10ClN3O2. The van der Waals surface area contributed by atoms with Crippen molar-refractivity contribution in [1.82, 2.24) is 4.98 Å². The smallest absolute Gasteiger partial charge is 0.312 e. The average molecular weight is 228 g/mol. The third kappa shape index (κ3) is 3.21. The normalized spacial score (nSPS) is 9.67. The van der Waals surface area contributed by atoms with E-state index in [1.54, 1.807) is 6.08 Å². The van der Waals surface area contributed by atoms with Gasteiger partial charge in [-0.15, -0.1) is 6.58 Å². The minimum Gasteiger partial charge on any atom is -0.364 e. The van der Waals surface area contributed by atoms with Crippen LogP contribution in [0.15, 0.2) is 24.9 Å². The molecule has 5 nitrogen and oxygen atoms in total.